The number of carbonyl (C=O) groups is 3. The minimum Gasteiger partial charge on any atom is -0.480 e. The molecule has 1 saturated carbocycles. The Hall–Kier alpha value is -3.49. The Morgan fingerprint density at radius 3 is 2.15 bits per heavy atom. The highest BCUT2D eigenvalue weighted by atomic mass is 19.3. The van der Waals surface area contributed by atoms with Crippen LogP contribution in [0.1, 0.15) is 36.3 Å². The number of hydrogen-bond acceptors (Lipinski definition) is 4. The van der Waals surface area contributed by atoms with Crippen LogP contribution in [0.5, 0.6) is 0 Å². The lowest BCUT2D eigenvalue weighted by atomic mass is 9.98. The summed E-state index contributed by atoms with van der Waals surface area (Å²) in [7, 11) is 0. The van der Waals surface area contributed by atoms with E-state index in [1.165, 1.54) is 0 Å². The van der Waals surface area contributed by atoms with Gasteiger partial charge in [-0.05, 0) is 41.0 Å². The lowest BCUT2D eigenvalue weighted by Crippen LogP contribution is -2.46. The third-order valence-electron chi connectivity index (χ3n) is 6.20. The number of fused-ring (bicyclic) bond motifs is 3. The third kappa shape index (κ3) is 5.52. The second-order valence-electron chi connectivity index (χ2n) is 8.73. The predicted molar refractivity (Wildman–Crippen MR) is 120 cm³/mol. The highest BCUT2D eigenvalue weighted by molar-refractivity contribution is 5.82. The topological polar surface area (TPSA) is 95.9 Å². The van der Waals surface area contributed by atoms with Crippen LogP contribution in [0.2, 0.25) is 0 Å². The molecule has 0 bridgehead atoms. The molecule has 0 heterocycles. The highest BCUT2D eigenvalue weighted by Crippen LogP contribution is 2.44. The Balaban J connectivity index is 1.37. The van der Waals surface area contributed by atoms with Crippen molar-refractivity contribution >= 4 is 18.0 Å². The fraction of sp³-hybridized carbons (Fsp3) is 0.400. The largest absolute Gasteiger partial charge is 0.480 e. The minimum absolute atomic E-state index is 0.0451. The van der Waals surface area contributed by atoms with E-state index < -0.39 is 43.4 Å². The maximum atomic E-state index is 13.6. The number of nitrogens with one attached hydrogen (secondary N) is 1. The molecule has 1 unspecified atom stereocenters. The van der Waals surface area contributed by atoms with Gasteiger partial charge in [0.2, 0.25) is 5.91 Å². The number of alkyl carbamates (subject to hydrolysis) is 1. The van der Waals surface area contributed by atoms with Gasteiger partial charge in [0.05, 0.1) is 6.42 Å². The molecule has 2 aromatic carbocycles. The lowest BCUT2D eigenvalue weighted by Gasteiger charge is -2.24. The number of ether oxygens (including phenoxy) is 1. The van der Waals surface area contributed by atoms with Gasteiger partial charge in [-0.2, -0.15) is 0 Å². The number of carboxylic acid groups (broad SMARTS) is 1. The van der Waals surface area contributed by atoms with Crippen LogP contribution in [-0.2, 0) is 14.3 Å². The van der Waals surface area contributed by atoms with Crippen LogP contribution >= 0.6 is 0 Å². The fourth-order valence-electron chi connectivity index (χ4n) is 4.34. The molecule has 9 heteroatoms. The summed E-state index contributed by atoms with van der Waals surface area (Å²) in [5.74, 6) is -1.98. The second kappa shape index (κ2) is 10.2. The first-order valence-electron chi connectivity index (χ1n) is 11.2. The van der Waals surface area contributed by atoms with E-state index in [-0.39, 0.29) is 25.0 Å². The molecule has 7 nitrogen and oxygen atoms in total. The van der Waals surface area contributed by atoms with Crippen molar-refractivity contribution in [1.82, 2.24) is 10.2 Å². The van der Waals surface area contributed by atoms with Crippen molar-refractivity contribution in [3.8, 4) is 11.1 Å². The number of alkyl halides is 2. The van der Waals surface area contributed by atoms with Gasteiger partial charge >= 0.3 is 12.1 Å². The Kier molecular flexibility index (Phi) is 7.09. The zero-order valence-corrected chi connectivity index (χ0v) is 18.5. The van der Waals surface area contributed by atoms with Gasteiger partial charge in [0.25, 0.3) is 6.43 Å². The molecule has 0 radical (unpaired) electrons. The van der Waals surface area contributed by atoms with Gasteiger partial charge < -0.3 is 20.1 Å². The molecule has 0 spiro atoms. The number of benzene rings is 2. The van der Waals surface area contributed by atoms with E-state index in [4.69, 9.17) is 9.84 Å². The molecule has 2 aliphatic rings. The van der Waals surface area contributed by atoms with E-state index in [0.29, 0.717) is 0 Å². The first-order valence-corrected chi connectivity index (χ1v) is 11.2. The van der Waals surface area contributed by atoms with Gasteiger partial charge in [-0.3, -0.25) is 9.59 Å². The number of aliphatic carboxylic acids is 1. The standard InChI is InChI=1S/C25H26F2N2O5/c26-24(27)21(11-22(30)29(13-23(31)32)12-15-9-10-15)28-25(33)34-14-20-18-7-3-1-5-16(18)17-6-2-4-8-19(17)20/h1-8,15,20-21,24H,9-14H2,(H,28,33)(H,31,32). The monoisotopic (exact) mass is 472 g/mol. The summed E-state index contributed by atoms with van der Waals surface area (Å²) in [4.78, 5) is 37.0. The predicted octanol–water partition coefficient (Wildman–Crippen LogP) is 3.87. The van der Waals surface area contributed by atoms with Crippen LogP contribution in [0.4, 0.5) is 13.6 Å². The van der Waals surface area contributed by atoms with Gasteiger partial charge in [-0.15, -0.1) is 0 Å². The van der Waals surface area contributed by atoms with E-state index >= 15 is 0 Å². The number of rotatable bonds is 10. The Morgan fingerprint density at radius 1 is 1.03 bits per heavy atom. The van der Waals surface area contributed by atoms with Crippen molar-refractivity contribution in [3.05, 3.63) is 59.7 Å². The molecule has 1 fully saturated rings. The maximum absolute atomic E-state index is 13.6. The average Bonchev–Trinajstić information content (AvgIpc) is 3.57. The second-order valence-corrected chi connectivity index (χ2v) is 8.73. The zero-order valence-electron chi connectivity index (χ0n) is 18.5. The molecule has 4 rings (SSSR count). The number of halogens is 2. The van der Waals surface area contributed by atoms with E-state index in [1.54, 1.807) is 0 Å². The number of hydrogen-bond donors (Lipinski definition) is 2. The molecule has 2 aliphatic carbocycles. The van der Waals surface area contributed by atoms with Gasteiger partial charge in [0.1, 0.15) is 19.2 Å². The number of carboxylic acids is 1. The molecule has 0 aliphatic heterocycles. The molecular weight excluding hydrogens is 446 g/mol. The van der Waals surface area contributed by atoms with E-state index in [9.17, 15) is 23.2 Å². The van der Waals surface area contributed by atoms with Gasteiger partial charge in [0, 0.05) is 12.5 Å². The normalized spacial score (nSPS) is 15.4. The summed E-state index contributed by atoms with van der Waals surface area (Å²) < 4.78 is 32.5. The minimum atomic E-state index is -3.02. The smallest absolute Gasteiger partial charge is 0.407 e. The van der Waals surface area contributed by atoms with Crippen molar-refractivity contribution in [2.24, 2.45) is 5.92 Å². The highest BCUT2D eigenvalue weighted by Gasteiger charge is 2.33. The first-order chi connectivity index (χ1) is 16.3. The average molecular weight is 472 g/mol. The van der Waals surface area contributed by atoms with Gasteiger partial charge in [-0.1, -0.05) is 48.5 Å². The zero-order chi connectivity index (χ0) is 24.2. The molecule has 2 N–H and O–H groups in total. The Labute approximate surface area is 195 Å². The first kappa shape index (κ1) is 23.7. The molecule has 0 aromatic heterocycles. The number of nitrogens with zero attached hydrogens (tertiary/aromatic N) is 1. The number of amides is 2. The number of carbonyl (C=O) groups excluding carboxylic acids is 2. The van der Waals surface area contributed by atoms with Gasteiger partial charge in [0.15, 0.2) is 0 Å². The third-order valence-corrected chi connectivity index (χ3v) is 6.20. The maximum Gasteiger partial charge on any atom is 0.407 e. The fourth-order valence-corrected chi connectivity index (χ4v) is 4.34. The Bertz CT molecular complexity index is 1030. The Morgan fingerprint density at radius 2 is 1.62 bits per heavy atom. The van der Waals surface area contributed by atoms with Crippen molar-refractivity contribution in [2.75, 3.05) is 19.7 Å². The van der Waals surface area contributed by atoms with Gasteiger partial charge in [-0.25, -0.2) is 13.6 Å². The molecule has 34 heavy (non-hydrogen) atoms. The van der Waals surface area contributed by atoms with Crippen LogP contribution in [-0.4, -0.2) is 60.1 Å². The van der Waals surface area contributed by atoms with E-state index in [2.05, 4.69) is 5.32 Å². The van der Waals surface area contributed by atoms with Crippen LogP contribution in [0.15, 0.2) is 48.5 Å². The quantitative estimate of drug-likeness (QED) is 0.547. The summed E-state index contributed by atoms with van der Waals surface area (Å²) in [6.45, 7) is -0.390. The lowest BCUT2D eigenvalue weighted by molar-refractivity contribution is -0.145. The van der Waals surface area contributed by atoms with E-state index in [0.717, 1.165) is 40.0 Å². The van der Waals surface area contributed by atoms with Crippen LogP contribution in [0.3, 0.4) is 0 Å². The summed E-state index contributed by atoms with van der Waals surface area (Å²) >= 11 is 0. The summed E-state index contributed by atoms with van der Waals surface area (Å²) in [6.07, 6.45) is -3.02. The van der Waals surface area contributed by atoms with Crippen LogP contribution in [0, 0.1) is 5.92 Å². The molecule has 2 amide bonds. The SMILES string of the molecule is O=C(O)CN(CC1CC1)C(=O)CC(NC(=O)OCC1c2ccccc2-c2ccccc21)C(F)F. The van der Waals surface area contributed by atoms with Crippen molar-refractivity contribution in [2.45, 2.75) is 37.6 Å². The molecule has 1 atom stereocenters. The molecule has 0 saturated heterocycles. The summed E-state index contributed by atoms with van der Waals surface area (Å²) in [5.41, 5.74) is 4.05. The molecule has 2 aromatic rings. The van der Waals surface area contributed by atoms with E-state index in [1.807, 2.05) is 48.5 Å². The summed E-state index contributed by atoms with van der Waals surface area (Å²) in [5, 5.41) is 11.1. The molecule has 180 valence electrons. The van der Waals surface area contributed by atoms with Crippen LogP contribution < -0.4 is 5.32 Å². The van der Waals surface area contributed by atoms with Crippen molar-refractivity contribution in [3.63, 3.8) is 0 Å². The molecular formula is C25H26F2N2O5. The van der Waals surface area contributed by atoms with Crippen LogP contribution in [0.25, 0.3) is 11.1 Å². The summed E-state index contributed by atoms with van der Waals surface area (Å²) in [6, 6.07) is 13.7. The van der Waals surface area contributed by atoms with Crippen molar-refractivity contribution < 1.29 is 33.0 Å². The van der Waals surface area contributed by atoms with Crippen molar-refractivity contribution in [1.29, 1.82) is 0 Å².